The molecule has 3 rings (SSSR count). The minimum absolute atomic E-state index is 0.205. The monoisotopic (exact) mass is 392 g/mol. The van der Waals surface area contributed by atoms with Crippen LogP contribution in [0.1, 0.15) is 21.6 Å². The predicted molar refractivity (Wildman–Crippen MR) is 103 cm³/mol. The van der Waals surface area contributed by atoms with Crippen molar-refractivity contribution in [1.82, 2.24) is 20.2 Å². The van der Waals surface area contributed by atoms with E-state index in [1.54, 1.807) is 0 Å². The van der Waals surface area contributed by atoms with E-state index >= 15 is 0 Å². The summed E-state index contributed by atoms with van der Waals surface area (Å²) in [6.45, 7) is 4.66. The van der Waals surface area contributed by atoms with Crippen LogP contribution in [0.4, 0.5) is 0 Å². The number of hydrogen-bond acceptors (Lipinski definition) is 6. The van der Waals surface area contributed by atoms with Crippen LogP contribution in [-0.2, 0) is 17.8 Å². The number of carbonyl (C=O) groups excluding carboxylic acids is 1. The number of morpholine rings is 1. The van der Waals surface area contributed by atoms with Gasteiger partial charge in [-0.3, -0.25) is 9.69 Å². The summed E-state index contributed by atoms with van der Waals surface area (Å²) in [5.41, 5.74) is 2.49. The first kappa shape index (κ1) is 19.1. The van der Waals surface area contributed by atoms with Gasteiger partial charge in [-0.1, -0.05) is 47.6 Å². The summed E-state index contributed by atoms with van der Waals surface area (Å²) in [5.74, 6) is -0.297. The van der Waals surface area contributed by atoms with Gasteiger partial charge in [0.05, 0.1) is 24.4 Å². The Balaban J connectivity index is 1.67. The summed E-state index contributed by atoms with van der Waals surface area (Å²) in [5, 5.41) is 3.69. The number of aromatic nitrogens is 2. The fraction of sp³-hybridized carbons (Fsp3) is 0.389. The van der Waals surface area contributed by atoms with Crippen molar-refractivity contribution >= 4 is 29.3 Å². The van der Waals surface area contributed by atoms with Crippen molar-refractivity contribution < 1.29 is 9.53 Å². The summed E-state index contributed by atoms with van der Waals surface area (Å²) in [6.07, 6.45) is 3.31. The fourth-order valence-corrected chi connectivity index (χ4v) is 3.27. The van der Waals surface area contributed by atoms with E-state index in [4.69, 9.17) is 16.3 Å². The standard InChI is InChI=1S/C18H21ClN4O2S/c1-26-18-21-11-15(19)16(22-18)17(24)20-10-13-4-2-3-5-14(13)12-23-6-8-25-9-7-23/h2-5,11H,6-10,12H2,1H3,(H,20,24). The van der Waals surface area contributed by atoms with E-state index in [-0.39, 0.29) is 16.6 Å². The molecule has 1 N–H and O–H groups in total. The van der Waals surface area contributed by atoms with Gasteiger partial charge in [-0.05, 0) is 17.4 Å². The van der Waals surface area contributed by atoms with Crippen LogP contribution in [0, 0.1) is 0 Å². The Morgan fingerprint density at radius 1 is 1.31 bits per heavy atom. The van der Waals surface area contributed by atoms with Crippen molar-refractivity contribution in [2.45, 2.75) is 18.2 Å². The highest BCUT2D eigenvalue weighted by Crippen LogP contribution is 2.17. The van der Waals surface area contributed by atoms with E-state index in [1.165, 1.54) is 23.5 Å². The number of halogens is 1. The van der Waals surface area contributed by atoms with Gasteiger partial charge in [0, 0.05) is 26.2 Å². The number of rotatable bonds is 6. The molecule has 0 radical (unpaired) electrons. The molecule has 1 amide bonds. The number of carbonyl (C=O) groups is 1. The molecule has 1 aromatic carbocycles. The molecule has 2 aromatic rings. The van der Waals surface area contributed by atoms with Crippen LogP contribution in [-0.4, -0.2) is 53.3 Å². The van der Waals surface area contributed by atoms with E-state index in [9.17, 15) is 4.79 Å². The molecular formula is C18H21ClN4O2S. The van der Waals surface area contributed by atoms with Gasteiger partial charge in [0.25, 0.3) is 5.91 Å². The Morgan fingerprint density at radius 3 is 2.77 bits per heavy atom. The lowest BCUT2D eigenvalue weighted by atomic mass is 10.1. The van der Waals surface area contributed by atoms with E-state index in [1.807, 2.05) is 24.5 Å². The molecule has 138 valence electrons. The molecule has 0 bridgehead atoms. The number of benzene rings is 1. The number of amides is 1. The van der Waals surface area contributed by atoms with Crippen LogP contribution in [0.5, 0.6) is 0 Å². The molecule has 1 saturated heterocycles. The normalized spacial score (nSPS) is 15.0. The Hall–Kier alpha value is -1.67. The fourth-order valence-electron chi connectivity index (χ4n) is 2.75. The van der Waals surface area contributed by atoms with Crippen LogP contribution in [0.3, 0.4) is 0 Å². The molecule has 2 heterocycles. The summed E-state index contributed by atoms with van der Waals surface area (Å²) in [6, 6.07) is 8.13. The van der Waals surface area contributed by atoms with Crippen molar-refractivity contribution in [3.8, 4) is 0 Å². The summed E-state index contributed by atoms with van der Waals surface area (Å²) in [7, 11) is 0. The molecule has 8 heteroatoms. The largest absolute Gasteiger partial charge is 0.379 e. The topological polar surface area (TPSA) is 67.4 Å². The molecule has 0 unspecified atom stereocenters. The van der Waals surface area contributed by atoms with E-state index in [0.717, 1.165) is 38.4 Å². The Kier molecular flexibility index (Phi) is 6.85. The SMILES string of the molecule is CSc1ncc(Cl)c(C(=O)NCc2ccccc2CN2CCOCC2)n1. The third-order valence-corrected chi connectivity index (χ3v) is 5.01. The molecule has 1 aliphatic heterocycles. The maximum Gasteiger partial charge on any atom is 0.271 e. The Morgan fingerprint density at radius 2 is 2.04 bits per heavy atom. The van der Waals surface area contributed by atoms with Gasteiger partial charge in [0.1, 0.15) is 0 Å². The molecule has 6 nitrogen and oxygen atoms in total. The second-order valence-electron chi connectivity index (χ2n) is 5.89. The van der Waals surface area contributed by atoms with Gasteiger partial charge in [-0.25, -0.2) is 9.97 Å². The lowest BCUT2D eigenvalue weighted by Crippen LogP contribution is -2.36. The second kappa shape index (κ2) is 9.32. The molecule has 26 heavy (non-hydrogen) atoms. The van der Waals surface area contributed by atoms with Crippen LogP contribution < -0.4 is 5.32 Å². The van der Waals surface area contributed by atoms with Crippen molar-refractivity contribution in [3.63, 3.8) is 0 Å². The van der Waals surface area contributed by atoms with Crippen molar-refractivity contribution in [1.29, 1.82) is 0 Å². The highest BCUT2D eigenvalue weighted by atomic mass is 35.5. The zero-order valence-corrected chi connectivity index (χ0v) is 16.1. The molecule has 0 aliphatic carbocycles. The molecule has 1 aliphatic rings. The lowest BCUT2D eigenvalue weighted by Gasteiger charge is -2.27. The average Bonchev–Trinajstić information content (AvgIpc) is 2.68. The van der Waals surface area contributed by atoms with Crippen LogP contribution >= 0.6 is 23.4 Å². The van der Waals surface area contributed by atoms with E-state index in [2.05, 4.69) is 26.3 Å². The number of hydrogen-bond donors (Lipinski definition) is 1. The van der Waals surface area contributed by atoms with Crippen molar-refractivity contribution in [3.05, 3.63) is 52.3 Å². The van der Waals surface area contributed by atoms with Gasteiger partial charge in [-0.2, -0.15) is 0 Å². The van der Waals surface area contributed by atoms with Gasteiger partial charge < -0.3 is 10.1 Å². The third-order valence-electron chi connectivity index (χ3n) is 4.18. The maximum absolute atomic E-state index is 12.5. The smallest absolute Gasteiger partial charge is 0.271 e. The van der Waals surface area contributed by atoms with Crippen LogP contribution in [0.15, 0.2) is 35.6 Å². The van der Waals surface area contributed by atoms with Gasteiger partial charge in [0.2, 0.25) is 0 Å². The molecule has 0 atom stereocenters. The molecular weight excluding hydrogens is 372 g/mol. The average molecular weight is 393 g/mol. The number of thioether (sulfide) groups is 1. The first-order valence-electron chi connectivity index (χ1n) is 8.39. The quantitative estimate of drug-likeness (QED) is 0.602. The second-order valence-corrected chi connectivity index (χ2v) is 7.07. The van der Waals surface area contributed by atoms with E-state index in [0.29, 0.717) is 11.7 Å². The lowest BCUT2D eigenvalue weighted by molar-refractivity contribution is 0.0340. The van der Waals surface area contributed by atoms with Gasteiger partial charge in [0.15, 0.2) is 10.9 Å². The number of nitrogens with zero attached hydrogens (tertiary/aromatic N) is 3. The highest BCUT2D eigenvalue weighted by Gasteiger charge is 2.16. The third kappa shape index (κ3) is 4.94. The molecule has 0 spiro atoms. The van der Waals surface area contributed by atoms with Crippen LogP contribution in [0.25, 0.3) is 0 Å². The summed E-state index contributed by atoms with van der Waals surface area (Å²) in [4.78, 5) is 23.1. The number of ether oxygens (including phenoxy) is 1. The minimum atomic E-state index is -0.297. The Bertz CT molecular complexity index is 769. The zero-order chi connectivity index (χ0) is 18.4. The molecule has 0 saturated carbocycles. The van der Waals surface area contributed by atoms with E-state index < -0.39 is 0 Å². The Labute approximate surface area is 162 Å². The van der Waals surface area contributed by atoms with Crippen molar-refractivity contribution in [2.75, 3.05) is 32.6 Å². The molecule has 1 fully saturated rings. The van der Waals surface area contributed by atoms with Gasteiger partial charge >= 0.3 is 0 Å². The minimum Gasteiger partial charge on any atom is -0.379 e. The number of nitrogens with one attached hydrogen (secondary N) is 1. The predicted octanol–water partition coefficient (Wildman–Crippen LogP) is 2.61. The first-order chi connectivity index (χ1) is 12.7. The van der Waals surface area contributed by atoms with Crippen LogP contribution in [0.2, 0.25) is 5.02 Å². The highest BCUT2D eigenvalue weighted by molar-refractivity contribution is 7.98. The van der Waals surface area contributed by atoms with Gasteiger partial charge in [-0.15, -0.1) is 0 Å². The van der Waals surface area contributed by atoms with Crippen molar-refractivity contribution in [2.24, 2.45) is 0 Å². The summed E-state index contributed by atoms with van der Waals surface area (Å²) < 4.78 is 5.40. The summed E-state index contributed by atoms with van der Waals surface area (Å²) >= 11 is 7.45. The zero-order valence-electron chi connectivity index (χ0n) is 14.6. The molecule has 1 aromatic heterocycles. The maximum atomic E-state index is 12.5. The first-order valence-corrected chi connectivity index (χ1v) is 9.99.